The largest absolute Gasteiger partial charge is 0.493 e. The van der Waals surface area contributed by atoms with E-state index in [1.807, 2.05) is 12.1 Å². The first-order chi connectivity index (χ1) is 8.63. The fraction of sp³-hybridized carbons (Fsp3) is 0.231. The molecule has 0 aliphatic rings. The number of H-pyrrole nitrogens is 1. The number of aromatic amines is 1. The normalized spacial score (nSPS) is 10.3. The molecule has 2 rings (SSSR count). The molecular formula is C13H15N3O2. The van der Waals surface area contributed by atoms with Crippen molar-refractivity contribution >= 4 is 5.69 Å². The summed E-state index contributed by atoms with van der Waals surface area (Å²) in [6, 6.07) is 8.67. The summed E-state index contributed by atoms with van der Waals surface area (Å²) >= 11 is 0. The van der Waals surface area contributed by atoms with Crippen molar-refractivity contribution in [1.29, 1.82) is 0 Å². The van der Waals surface area contributed by atoms with Gasteiger partial charge < -0.3 is 15.5 Å². The van der Waals surface area contributed by atoms with Gasteiger partial charge in [-0.25, -0.2) is 4.98 Å². The summed E-state index contributed by atoms with van der Waals surface area (Å²) in [4.78, 5) is 18.1. The second kappa shape index (κ2) is 5.35. The number of nitrogen functional groups attached to an aromatic ring is 1. The van der Waals surface area contributed by atoms with Crippen LogP contribution in [0.25, 0.3) is 0 Å². The Bertz CT molecular complexity index is 576. The summed E-state index contributed by atoms with van der Waals surface area (Å²) in [5.74, 6) is 1.37. The molecular weight excluding hydrogens is 230 g/mol. The lowest BCUT2D eigenvalue weighted by atomic mass is 10.3. The van der Waals surface area contributed by atoms with Gasteiger partial charge in [0.05, 0.1) is 12.3 Å². The summed E-state index contributed by atoms with van der Waals surface area (Å²) in [6.45, 7) is 2.23. The number of rotatable bonds is 4. The molecule has 0 radical (unpaired) electrons. The fourth-order valence-corrected chi connectivity index (χ4v) is 1.61. The lowest BCUT2D eigenvalue weighted by Gasteiger charge is -2.06. The van der Waals surface area contributed by atoms with Crippen molar-refractivity contribution < 1.29 is 4.74 Å². The molecule has 1 aromatic heterocycles. The molecule has 0 spiro atoms. The molecule has 2 aromatic rings. The van der Waals surface area contributed by atoms with E-state index in [9.17, 15) is 4.79 Å². The Labute approximate surface area is 105 Å². The van der Waals surface area contributed by atoms with Gasteiger partial charge in [0.25, 0.3) is 5.56 Å². The van der Waals surface area contributed by atoms with Crippen molar-refractivity contribution in [3.63, 3.8) is 0 Å². The molecule has 0 fully saturated rings. The topological polar surface area (TPSA) is 81.0 Å². The van der Waals surface area contributed by atoms with E-state index in [4.69, 9.17) is 10.5 Å². The lowest BCUT2D eigenvalue weighted by Crippen LogP contribution is -2.12. The van der Waals surface area contributed by atoms with Gasteiger partial charge in [0, 0.05) is 18.2 Å². The van der Waals surface area contributed by atoms with Crippen LogP contribution < -0.4 is 16.0 Å². The third-order valence-corrected chi connectivity index (χ3v) is 2.42. The smallest absolute Gasteiger partial charge is 0.251 e. The molecule has 0 aliphatic heterocycles. The van der Waals surface area contributed by atoms with Gasteiger partial charge in [0.2, 0.25) is 0 Å². The Kier molecular flexibility index (Phi) is 3.62. The molecule has 0 bridgehead atoms. The summed E-state index contributed by atoms with van der Waals surface area (Å²) in [5, 5.41) is 0. The number of nitrogens with two attached hydrogens (primary N) is 1. The number of aromatic nitrogens is 2. The Morgan fingerprint density at radius 3 is 2.72 bits per heavy atom. The second-order valence-corrected chi connectivity index (χ2v) is 3.99. The molecule has 0 unspecified atom stereocenters. The first kappa shape index (κ1) is 12.2. The Morgan fingerprint density at radius 1 is 1.33 bits per heavy atom. The molecule has 0 saturated carbocycles. The zero-order valence-corrected chi connectivity index (χ0v) is 10.1. The third-order valence-electron chi connectivity index (χ3n) is 2.42. The number of hydrogen-bond acceptors (Lipinski definition) is 4. The summed E-state index contributed by atoms with van der Waals surface area (Å²) in [5.41, 5.74) is 6.87. The van der Waals surface area contributed by atoms with E-state index in [2.05, 4.69) is 9.97 Å². The van der Waals surface area contributed by atoms with E-state index in [1.165, 1.54) is 6.07 Å². The van der Waals surface area contributed by atoms with Crippen LogP contribution in [-0.4, -0.2) is 16.6 Å². The van der Waals surface area contributed by atoms with Crippen molar-refractivity contribution in [3.8, 4) is 5.75 Å². The summed E-state index contributed by atoms with van der Waals surface area (Å²) in [6.07, 6.45) is 0.592. The minimum Gasteiger partial charge on any atom is -0.493 e. The van der Waals surface area contributed by atoms with Gasteiger partial charge in [-0.05, 0) is 31.2 Å². The first-order valence-corrected chi connectivity index (χ1v) is 5.69. The maximum Gasteiger partial charge on any atom is 0.251 e. The third kappa shape index (κ3) is 3.35. The highest BCUT2D eigenvalue weighted by atomic mass is 16.5. The van der Waals surface area contributed by atoms with Crippen molar-refractivity contribution in [3.05, 3.63) is 52.2 Å². The molecule has 0 atom stereocenters. The number of aryl methyl sites for hydroxylation is 1. The van der Waals surface area contributed by atoms with Crippen LogP contribution in [0.5, 0.6) is 5.75 Å². The van der Waals surface area contributed by atoms with Gasteiger partial charge >= 0.3 is 0 Å². The number of ether oxygens (including phenoxy) is 1. The first-order valence-electron chi connectivity index (χ1n) is 5.69. The molecule has 0 amide bonds. The molecule has 0 aliphatic carbocycles. The zero-order valence-electron chi connectivity index (χ0n) is 10.1. The molecule has 1 aromatic carbocycles. The van der Waals surface area contributed by atoms with Crippen LogP contribution in [0.4, 0.5) is 5.69 Å². The van der Waals surface area contributed by atoms with Crippen LogP contribution in [0, 0.1) is 6.92 Å². The molecule has 1 heterocycles. The second-order valence-electron chi connectivity index (χ2n) is 3.99. The average Bonchev–Trinajstić information content (AvgIpc) is 2.30. The highest BCUT2D eigenvalue weighted by molar-refractivity contribution is 5.41. The molecule has 0 saturated heterocycles. The Morgan fingerprint density at radius 2 is 2.06 bits per heavy atom. The molecule has 5 heteroatoms. The zero-order chi connectivity index (χ0) is 13.0. The fourth-order valence-electron chi connectivity index (χ4n) is 1.61. The highest BCUT2D eigenvalue weighted by Gasteiger charge is 1.99. The number of hydrogen-bond donors (Lipinski definition) is 2. The van der Waals surface area contributed by atoms with Gasteiger partial charge in [0.1, 0.15) is 11.6 Å². The predicted molar refractivity (Wildman–Crippen MR) is 69.6 cm³/mol. The quantitative estimate of drug-likeness (QED) is 0.795. The van der Waals surface area contributed by atoms with Crippen LogP contribution in [0.15, 0.2) is 35.1 Å². The minimum atomic E-state index is -0.134. The van der Waals surface area contributed by atoms with Crippen LogP contribution in [0.2, 0.25) is 0 Å². The highest BCUT2D eigenvalue weighted by Crippen LogP contribution is 2.13. The van der Waals surface area contributed by atoms with Gasteiger partial charge in [-0.2, -0.15) is 0 Å². The maximum atomic E-state index is 11.2. The molecule has 94 valence electrons. The standard InChI is InChI=1S/C13H15N3O2/c1-9-15-11(8-13(17)16-9)6-7-18-12-4-2-10(14)3-5-12/h2-5,8H,6-7,14H2,1H3,(H,15,16,17). The monoisotopic (exact) mass is 245 g/mol. The van der Waals surface area contributed by atoms with Gasteiger partial charge in [0.15, 0.2) is 0 Å². The predicted octanol–water partition coefficient (Wildman–Crippen LogP) is 1.28. The van der Waals surface area contributed by atoms with E-state index >= 15 is 0 Å². The number of anilines is 1. The molecule has 3 N–H and O–H groups in total. The summed E-state index contributed by atoms with van der Waals surface area (Å²) in [7, 11) is 0. The van der Waals surface area contributed by atoms with Crippen molar-refractivity contribution in [1.82, 2.24) is 9.97 Å². The van der Waals surface area contributed by atoms with Crippen molar-refractivity contribution in [2.75, 3.05) is 12.3 Å². The molecule has 5 nitrogen and oxygen atoms in total. The van der Waals surface area contributed by atoms with E-state index in [1.54, 1.807) is 19.1 Å². The Hall–Kier alpha value is -2.30. The Balaban J connectivity index is 1.92. The van der Waals surface area contributed by atoms with Gasteiger partial charge in [-0.1, -0.05) is 0 Å². The van der Waals surface area contributed by atoms with E-state index in [0.717, 1.165) is 11.4 Å². The number of benzene rings is 1. The van der Waals surface area contributed by atoms with Crippen LogP contribution >= 0.6 is 0 Å². The SMILES string of the molecule is Cc1nc(CCOc2ccc(N)cc2)cc(=O)[nH]1. The number of nitrogens with zero attached hydrogens (tertiary/aromatic N) is 1. The lowest BCUT2D eigenvalue weighted by molar-refractivity contribution is 0.320. The van der Waals surface area contributed by atoms with Crippen molar-refractivity contribution in [2.45, 2.75) is 13.3 Å². The molecule has 18 heavy (non-hydrogen) atoms. The average molecular weight is 245 g/mol. The van der Waals surface area contributed by atoms with Gasteiger partial charge in [-0.15, -0.1) is 0 Å². The maximum absolute atomic E-state index is 11.2. The van der Waals surface area contributed by atoms with Crippen LogP contribution in [0.3, 0.4) is 0 Å². The van der Waals surface area contributed by atoms with E-state index < -0.39 is 0 Å². The van der Waals surface area contributed by atoms with Gasteiger partial charge in [-0.3, -0.25) is 4.79 Å². The van der Waals surface area contributed by atoms with E-state index in [-0.39, 0.29) is 5.56 Å². The van der Waals surface area contributed by atoms with Crippen LogP contribution in [0.1, 0.15) is 11.5 Å². The van der Waals surface area contributed by atoms with Crippen LogP contribution in [-0.2, 0) is 6.42 Å². The van der Waals surface area contributed by atoms with E-state index in [0.29, 0.717) is 24.5 Å². The summed E-state index contributed by atoms with van der Waals surface area (Å²) < 4.78 is 5.54. The minimum absolute atomic E-state index is 0.134. The van der Waals surface area contributed by atoms with Crippen molar-refractivity contribution in [2.24, 2.45) is 0 Å². The number of nitrogens with one attached hydrogen (secondary N) is 1.